The second-order valence-electron chi connectivity index (χ2n) is 9.01. The lowest BCUT2D eigenvalue weighted by Gasteiger charge is -1.98. The Bertz CT molecular complexity index is 1150. The fourth-order valence-electron chi connectivity index (χ4n) is 2.80. The Labute approximate surface area is 219 Å². The number of halogens is 4. The fraction of sp³-hybridized carbons (Fsp3) is 0.250. The molecule has 0 aliphatic carbocycles. The SMILES string of the molecule is Cc1cc(F)c(C)c(F)c1.Cc1ccc(C)c(Cl)c1.Cc1ccc(C)c(F)c1.Cc1ccc(C)cc1. The molecule has 4 aromatic rings. The first-order valence-corrected chi connectivity index (χ1v) is 12.1. The van der Waals surface area contributed by atoms with E-state index in [9.17, 15) is 13.2 Å². The van der Waals surface area contributed by atoms with Gasteiger partial charge in [0.15, 0.2) is 0 Å². The minimum Gasteiger partial charge on any atom is -0.207 e. The summed E-state index contributed by atoms with van der Waals surface area (Å²) in [5.74, 6) is -1.06. The minimum atomic E-state index is -0.475. The summed E-state index contributed by atoms with van der Waals surface area (Å²) in [6.07, 6.45) is 0. The van der Waals surface area contributed by atoms with Gasteiger partial charge in [-0.2, -0.15) is 0 Å². The largest absolute Gasteiger partial charge is 0.207 e. The summed E-state index contributed by atoms with van der Waals surface area (Å²) in [6, 6.07) is 22.4. The Morgan fingerprint density at radius 1 is 0.417 bits per heavy atom. The normalized spacial score (nSPS) is 9.67. The van der Waals surface area contributed by atoms with E-state index < -0.39 is 11.6 Å². The highest BCUT2D eigenvalue weighted by Gasteiger charge is 2.03. The van der Waals surface area contributed by atoms with Crippen molar-refractivity contribution in [2.75, 3.05) is 0 Å². The first-order valence-electron chi connectivity index (χ1n) is 11.7. The van der Waals surface area contributed by atoms with Crippen molar-refractivity contribution in [2.45, 2.75) is 55.4 Å². The van der Waals surface area contributed by atoms with Gasteiger partial charge in [-0.05, 0) is 107 Å². The van der Waals surface area contributed by atoms with E-state index in [0.717, 1.165) is 16.1 Å². The van der Waals surface area contributed by atoms with Gasteiger partial charge >= 0.3 is 0 Å². The molecule has 0 aliphatic heterocycles. The van der Waals surface area contributed by atoms with Crippen molar-refractivity contribution in [2.24, 2.45) is 0 Å². The Balaban J connectivity index is 0.000000241. The van der Waals surface area contributed by atoms with E-state index in [1.807, 2.05) is 39.0 Å². The van der Waals surface area contributed by atoms with E-state index >= 15 is 0 Å². The highest BCUT2D eigenvalue weighted by Crippen LogP contribution is 2.15. The van der Waals surface area contributed by atoms with Crippen molar-refractivity contribution < 1.29 is 13.2 Å². The van der Waals surface area contributed by atoms with Crippen molar-refractivity contribution in [3.05, 3.63) is 140 Å². The molecule has 0 saturated carbocycles. The maximum absolute atomic E-state index is 12.6. The molecule has 36 heavy (non-hydrogen) atoms. The smallest absolute Gasteiger partial charge is 0.129 e. The molecule has 0 heterocycles. The van der Waals surface area contributed by atoms with Crippen LogP contribution in [0.15, 0.2) is 72.8 Å². The third kappa shape index (κ3) is 11.6. The zero-order chi connectivity index (χ0) is 27.4. The van der Waals surface area contributed by atoms with Gasteiger partial charge in [0.25, 0.3) is 0 Å². The van der Waals surface area contributed by atoms with Gasteiger partial charge in [0.2, 0.25) is 0 Å². The lowest BCUT2D eigenvalue weighted by Crippen LogP contribution is -1.88. The van der Waals surface area contributed by atoms with E-state index in [0.29, 0.717) is 11.1 Å². The van der Waals surface area contributed by atoms with Gasteiger partial charge in [0.1, 0.15) is 17.5 Å². The summed E-state index contributed by atoms with van der Waals surface area (Å²) in [6.45, 7) is 14.9. The Morgan fingerprint density at radius 2 is 0.778 bits per heavy atom. The second kappa shape index (κ2) is 15.2. The van der Waals surface area contributed by atoms with Gasteiger partial charge in [0.05, 0.1) is 0 Å². The molecule has 0 aliphatic rings. The summed E-state index contributed by atoms with van der Waals surface area (Å²) >= 11 is 5.81. The number of rotatable bonds is 0. The molecule has 0 N–H and O–H groups in total. The van der Waals surface area contributed by atoms with Crippen LogP contribution in [0.3, 0.4) is 0 Å². The van der Waals surface area contributed by atoms with Crippen LogP contribution in [-0.2, 0) is 0 Å². The summed E-state index contributed by atoms with van der Waals surface area (Å²) in [4.78, 5) is 0. The van der Waals surface area contributed by atoms with E-state index in [-0.39, 0.29) is 11.4 Å². The molecule has 0 amide bonds. The standard InChI is InChI=1S/C8H9Cl.C8H8F2.C8H9F.C8H10/c1-6-3-4-7(2)8(9)5-6;1-5-3-7(9)6(2)8(10)4-5;1-6-3-4-7(2)8(9)5-6;1-7-3-5-8(2)6-4-7/h3-5H,1-2H3;3-4H,1-2H3;3-5H,1-2H3;3-6H,1-2H3. The maximum atomic E-state index is 12.6. The van der Waals surface area contributed by atoms with Gasteiger partial charge in [-0.3, -0.25) is 0 Å². The van der Waals surface area contributed by atoms with Crippen LogP contribution in [0.4, 0.5) is 13.2 Å². The molecular weight excluding hydrogens is 477 g/mol. The highest BCUT2D eigenvalue weighted by molar-refractivity contribution is 6.31. The molecule has 4 aromatic carbocycles. The number of hydrogen-bond donors (Lipinski definition) is 0. The van der Waals surface area contributed by atoms with Crippen LogP contribution in [0.2, 0.25) is 5.02 Å². The van der Waals surface area contributed by atoms with Crippen LogP contribution in [0.25, 0.3) is 0 Å². The van der Waals surface area contributed by atoms with Crippen molar-refractivity contribution in [3.8, 4) is 0 Å². The number of aryl methyl sites for hydroxylation is 7. The predicted molar refractivity (Wildman–Crippen MR) is 149 cm³/mol. The Kier molecular flexibility index (Phi) is 13.0. The van der Waals surface area contributed by atoms with E-state index in [1.54, 1.807) is 19.9 Å². The van der Waals surface area contributed by atoms with Crippen molar-refractivity contribution in [1.29, 1.82) is 0 Å². The van der Waals surface area contributed by atoms with Crippen molar-refractivity contribution >= 4 is 11.6 Å². The molecule has 4 rings (SSSR count). The lowest BCUT2D eigenvalue weighted by molar-refractivity contribution is 0.566. The van der Waals surface area contributed by atoms with Gasteiger partial charge in [-0.15, -0.1) is 0 Å². The van der Waals surface area contributed by atoms with Crippen LogP contribution >= 0.6 is 11.6 Å². The molecule has 0 atom stereocenters. The maximum Gasteiger partial charge on any atom is 0.129 e. The summed E-state index contributed by atoms with van der Waals surface area (Å²) in [7, 11) is 0. The highest BCUT2D eigenvalue weighted by atomic mass is 35.5. The van der Waals surface area contributed by atoms with Crippen LogP contribution < -0.4 is 0 Å². The monoisotopic (exact) mass is 512 g/mol. The van der Waals surface area contributed by atoms with E-state index in [2.05, 4.69) is 44.2 Å². The molecule has 0 spiro atoms. The fourth-order valence-corrected chi connectivity index (χ4v) is 3.04. The summed E-state index contributed by atoms with van der Waals surface area (Å²) in [5.41, 5.74) is 7.39. The molecule has 0 unspecified atom stereocenters. The molecule has 0 saturated heterocycles. The molecule has 0 bridgehead atoms. The van der Waals surface area contributed by atoms with E-state index in [4.69, 9.17) is 11.6 Å². The molecular formula is C32H36ClF3. The zero-order valence-electron chi connectivity index (χ0n) is 22.4. The number of hydrogen-bond acceptors (Lipinski definition) is 0. The van der Waals surface area contributed by atoms with Crippen LogP contribution in [0, 0.1) is 72.8 Å². The summed E-state index contributed by atoms with van der Waals surface area (Å²) in [5, 5.41) is 0.856. The molecule has 0 aromatic heterocycles. The van der Waals surface area contributed by atoms with Gasteiger partial charge in [-0.25, -0.2) is 13.2 Å². The van der Waals surface area contributed by atoms with Crippen molar-refractivity contribution in [3.63, 3.8) is 0 Å². The molecule has 0 nitrogen and oxygen atoms in total. The lowest BCUT2D eigenvalue weighted by atomic mass is 10.1. The van der Waals surface area contributed by atoms with Crippen LogP contribution in [-0.4, -0.2) is 0 Å². The van der Waals surface area contributed by atoms with Crippen molar-refractivity contribution in [1.82, 2.24) is 0 Å². The third-order valence-corrected chi connectivity index (χ3v) is 5.71. The first-order chi connectivity index (χ1) is 16.8. The average molecular weight is 513 g/mol. The molecule has 0 fully saturated rings. The molecule has 4 heteroatoms. The average Bonchev–Trinajstić information content (AvgIpc) is 2.81. The topological polar surface area (TPSA) is 0 Å². The zero-order valence-corrected chi connectivity index (χ0v) is 23.2. The second-order valence-corrected chi connectivity index (χ2v) is 9.42. The minimum absolute atomic E-state index is 0.0885. The van der Waals surface area contributed by atoms with Crippen LogP contribution in [0.1, 0.15) is 44.5 Å². The predicted octanol–water partition coefficient (Wildman–Crippen LogP) is 10.3. The number of benzene rings is 4. The van der Waals surface area contributed by atoms with Gasteiger partial charge < -0.3 is 0 Å². The van der Waals surface area contributed by atoms with Gasteiger partial charge in [0, 0.05) is 10.6 Å². The Hall–Kier alpha value is -3.04. The molecule has 0 radical (unpaired) electrons. The molecule has 192 valence electrons. The van der Waals surface area contributed by atoms with Crippen LogP contribution in [0.5, 0.6) is 0 Å². The Morgan fingerprint density at radius 3 is 1.14 bits per heavy atom. The van der Waals surface area contributed by atoms with E-state index in [1.165, 1.54) is 41.8 Å². The third-order valence-electron chi connectivity index (χ3n) is 5.30. The first kappa shape index (κ1) is 31.0. The van der Waals surface area contributed by atoms with Gasteiger partial charge in [-0.1, -0.05) is 71.3 Å². The quantitative estimate of drug-likeness (QED) is 0.220. The summed E-state index contributed by atoms with van der Waals surface area (Å²) < 4.78 is 37.8.